The van der Waals surface area contributed by atoms with E-state index >= 15 is 0 Å². The van der Waals surface area contributed by atoms with E-state index in [4.69, 9.17) is 9.47 Å². The summed E-state index contributed by atoms with van der Waals surface area (Å²) in [6, 6.07) is 6.41. The smallest absolute Gasteiger partial charge is 0.226 e. The van der Waals surface area contributed by atoms with Gasteiger partial charge >= 0.3 is 0 Å². The normalized spacial score (nSPS) is 21.7. The Hall–Kier alpha value is -2.12. The van der Waals surface area contributed by atoms with E-state index in [2.05, 4.69) is 15.2 Å². The Bertz CT molecular complexity index is 867. The molecule has 2 aliphatic rings. The molecular formula is C23H31N3O3S. The predicted octanol–water partition coefficient (Wildman–Crippen LogP) is 3.75. The molecule has 0 aliphatic carbocycles. The van der Waals surface area contributed by atoms with Gasteiger partial charge in [0.25, 0.3) is 0 Å². The Labute approximate surface area is 182 Å². The van der Waals surface area contributed by atoms with Crippen LogP contribution < -0.4 is 14.8 Å². The monoisotopic (exact) mass is 429 g/mol. The number of nitrogens with zero attached hydrogens (tertiary/aromatic N) is 2. The van der Waals surface area contributed by atoms with Gasteiger partial charge in [-0.3, -0.25) is 4.79 Å². The van der Waals surface area contributed by atoms with Gasteiger partial charge in [0, 0.05) is 23.5 Å². The van der Waals surface area contributed by atoms with Crippen molar-refractivity contribution >= 4 is 17.2 Å². The van der Waals surface area contributed by atoms with Crippen LogP contribution in [0.2, 0.25) is 0 Å². The standard InChI is InChI=1S/C23H31N3O3S/c1-28-20-9-8-16(12-21(20)29-2)23-25-18(15-30-23)13-22(27)24-14-17-6-5-11-26-10-4-3-7-19(17)26/h8-9,12,15,17,19H,3-7,10-11,13-14H2,1-2H3,(H,24,27)/t17-,19-/m0/s1. The van der Waals surface area contributed by atoms with E-state index in [1.807, 2.05) is 23.6 Å². The van der Waals surface area contributed by atoms with E-state index in [1.165, 1.54) is 45.2 Å². The number of amides is 1. The first kappa shape index (κ1) is 21.1. The number of aromatic nitrogens is 1. The van der Waals surface area contributed by atoms with E-state index in [0.29, 0.717) is 29.9 Å². The van der Waals surface area contributed by atoms with Crippen LogP contribution in [0, 0.1) is 5.92 Å². The van der Waals surface area contributed by atoms with Gasteiger partial charge in [-0.1, -0.05) is 6.42 Å². The van der Waals surface area contributed by atoms with Gasteiger partial charge in [-0.25, -0.2) is 4.98 Å². The molecule has 2 atom stereocenters. The first-order chi connectivity index (χ1) is 14.7. The number of rotatable bonds is 7. The third-order valence-corrected chi connectivity index (χ3v) is 7.25. The molecule has 0 unspecified atom stereocenters. The summed E-state index contributed by atoms with van der Waals surface area (Å²) < 4.78 is 10.7. The minimum absolute atomic E-state index is 0.0621. The molecule has 2 fully saturated rings. The topological polar surface area (TPSA) is 63.7 Å². The summed E-state index contributed by atoms with van der Waals surface area (Å²) in [5.74, 6) is 2.01. The van der Waals surface area contributed by atoms with E-state index < -0.39 is 0 Å². The Morgan fingerprint density at radius 3 is 2.83 bits per heavy atom. The van der Waals surface area contributed by atoms with Crippen LogP contribution in [-0.2, 0) is 11.2 Å². The molecule has 30 heavy (non-hydrogen) atoms. The Balaban J connectivity index is 1.33. The molecule has 0 saturated carbocycles. The molecule has 4 rings (SSSR count). The quantitative estimate of drug-likeness (QED) is 0.726. The fraction of sp³-hybridized carbons (Fsp3) is 0.565. The molecular weight excluding hydrogens is 398 g/mol. The molecule has 1 N–H and O–H groups in total. The average Bonchev–Trinajstić information content (AvgIpc) is 3.25. The summed E-state index contributed by atoms with van der Waals surface area (Å²) in [5, 5.41) is 6.02. The number of methoxy groups -OCH3 is 2. The molecule has 2 saturated heterocycles. The first-order valence-corrected chi connectivity index (χ1v) is 11.7. The number of thiazole rings is 1. The third-order valence-electron chi connectivity index (χ3n) is 6.31. The number of carbonyl (C=O) groups is 1. The van der Waals surface area contributed by atoms with Crippen LogP contribution in [0.3, 0.4) is 0 Å². The fourth-order valence-corrected chi connectivity index (χ4v) is 5.59. The van der Waals surface area contributed by atoms with Crippen molar-refractivity contribution in [1.82, 2.24) is 15.2 Å². The van der Waals surface area contributed by atoms with E-state index in [1.54, 1.807) is 25.6 Å². The van der Waals surface area contributed by atoms with Gasteiger partial charge < -0.3 is 19.7 Å². The molecule has 0 radical (unpaired) electrons. The molecule has 1 amide bonds. The van der Waals surface area contributed by atoms with Gasteiger partial charge in [0.05, 0.1) is 26.3 Å². The second-order valence-electron chi connectivity index (χ2n) is 8.20. The summed E-state index contributed by atoms with van der Waals surface area (Å²) in [4.78, 5) is 19.9. The molecule has 2 aromatic rings. The highest BCUT2D eigenvalue weighted by Crippen LogP contribution is 2.34. The highest BCUT2D eigenvalue weighted by Gasteiger charge is 2.32. The zero-order valence-electron chi connectivity index (χ0n) is 17.9. The summed E-state index contributed by atoms with van der Waals surface area (Å²) in [5.41, 5.74) is 1.77. The van der Waals surface area contributed by atoms with Gasteiger partial charge in [-0.15, -0.1) is 11.3 Å². The van der Waals surface area contributed by atoms with Gasteiger partial charge in [-0.05, 0) is 62.9 Å². The van der Waals surface area contributed by atoms with E-state index in [-0.39, 0.29) is 5.91 Å². The van der Waals surface area contributed by atoms with Crippen molar-refractivity contribution in [3.63, 3.8) is 0 Å². The molecule has 6 nitrogen and oxygen atoms in total. The van der Waals surface area contributed by atoms with E-state index in [0.717, 1.165) is 22.8 Å². The third kappa shape index (κ3) is 4.78. The fourth-order valence-electron chi connectivity index (χ4n) is 4.78. The van der Waals surface area contributed by atoms with Gasteiger partial charge in [0.2, 0.25) is 5.91 Å². The largest absolute Gasteiger partial charge is 0.493 e. The van der Waals surface area contributed by atoms with Crippen molar-refractivity contribution in [3.8, 4) is 22.1 Å². The van der Waals surface area contributed by atoms with Gasteiger partial charge in [0.15, 0.2) is 11.5 Å². The van der Waals surface area contributed by atoms with Crippen LogP contribution in [-0.4, -0.2) is 55.7 Å². The summed E-state index contributed by atoms with van der Waals surface area (Å²) >= 11 is 1.54. The van der Waals surface area contributed by atoms with Crippen molar-refractivity contribution in [2.75, 3.05) is 33.9 Å². The molecule has 1 aromatic carbocycles. The number of hydrogen-bond acceptors (Lipinski definition) is 6. The van der Waals surface area contributed by atoms with Gasteiger partial charge in [-0.2, -0.15) is 0 Å². The highest BCUT2D eigenvalue weighted by molar-refractivity contribution is 7.13. The molecule has 1 aromatic heterocycles. The van der Waals surface area contributed by atoms with Gasteiger partial charge in [0.1, 0.15) is 5.01 Å². The molecule has 0 spiro atoms. The van der Waals surface area contributed by atoms with Crippen molar-refractivity contribution in [2.45, 2.75) is 44.6 Å². The van der Waals surface area contributed by atoms with Crippen LogP contribution in [0.5, 0.6) is 11.5 Å². The average molecular weight is 430 g/mol. The van der Waals surface area contributed by atoms with Crippen LogP contribution in [0.4, 0.5) is 0 Å². The predicted molar refractivity (Wildman–Crippen MR) is 119 cm³/mol. The van der Waals surface area contributed by atoms with Crippen LogP contribution >= 0.6 is 11.3 Å². The number of ether oxygens (including phenoxy) is 2. The minimum atomic E-state index is 0.0621. The zero-order chi connectivity index (χ0) is 20.9. The lowest BCUT2D eigenvalue weighted by molar-refractivity contribution is -0.120. The molecule has 0 bridgehead atoms. The molecule has 162 valence electrons. The lowest BCUT2D eigenvalue weighted by atomic mass is 9.83. The number of hydrogen-bond donors (Lipinski definition) is 1. The van der Waals surface area contributed by atoms with E-state index in [9.17, 15) is 4.79 Å². The summed E-state index contributed by atoms with van der Waals surface area (Å²) in [7, 11) is 3.24. The molecule has 2 aliphatic heterocycles. The number of piperidine rings is 2. The Morgan fingerprint density at radius 1 is 1.17 bits per heavy atom. The first-order valence-electron chi connectivity index (χ1n) is 10.9. The zero-order valence-corrected chi connectivity index (χ0v) is 18.7. The van der Waals surface area contributed by atoms with Crippen LogP contribution in [0.25, 0.3) is 10.6 Å². The maximum absolute atomic E-state index is 12.5. The minimum Gasteiger partial charge on any atom is -0.493 e. The maximum atomic E-state index is 12.5. The number of benzene rings is 1. The summed E-state index contributed by atoms with van der Waals surface area (Å²) in [6.45, 7) is 3.24. The van der Waals surface area contributed by atoms with Crippen LogP contribution in [0.15, 0.2) is 23.6 Å². The highest BCUT2D eigenvalue weighted by atomic mass is 32.1. The summed E-state index contributed by atoms with van der Waals surface area (Å²) in [6.07, 6.45) is 6.72. The number of fused-ring (bicyclic) bond motifs is 1. The molecule has 7 heteroatoms. The van der Waals surface area contributed by atoms with Crippen molar-refractivity contribution < 1.29 is 14.3 Å². The van der Waals surface area contributed by atoms with Crippen molar-refractivity contribution in [3.05, 3.63) is 29.3 Å². The maximum Gasteiger partial charge on any atom is 0.226 e. The molecule has 3 heterocycles. The lowest BCUT2D eigenvalue weighted by Crippen LogP contribution is -2.51. The van der Waals surface area contributed by atoms with Crippen LogP contribution in [0.1, 0.15) is 37.8 Å². The SMILES string of the molecule is COc1ccc(-c2nc(CC(=O)NC[C@@H]3CCCN4CCCC[C@@H]34)cs2)cc1OC. The Morgan fingerprint density at radius 2 is 2.00 bits per heavy atom. The van der Waals surface area contributed by atoms with Crippen molar-refractivity contribution in [2.24, 2.45) is 5.92 Å². The Kier molecular flexibility index (Phi) is 6.89. The second kappa shape index (κ2) is 9.79. The van der Waals surface area contributed by atoms with Crippen molar-refractivity contribution in [1.29, 1.82) is 0 Å². The number of carbonyl (C=O) groups excluding carboxylic acids is 1. The number of nitrogens with one attached hydrogen (secondary N) is 1. The lowest BCUT2D eigenvalue weighted by Gasteiger charge is -2.44. The second-order valence-corrected chi connectivity index (χ2v) is 9.05.